The van der Waals surface area contributed by atoms with Crippen LogP contribution < -0.4 is 20.7 Å². The van der Waals surface area contributed by atoms with E-state index in [4.69, 9.17) is 9.47 Å². The summed E-state index contributed by atoms with van der Waals surface area (Å²) in [5.74, 6) is 1.51. The summed E-state index contributed by atoms with van der Waals surface area (Å²) in [6, 6.07) is 14.4. The predicted octanol–water partition coefficient (Wildman–Crippen LogP) is 4.25. The van der Waals surface area contributed by atoms with Crippen molar-refractivity contribution in [3.05, 3.63) is 69.4 Å². The Morgan fingerprint density at radius 2 is 1.72 bits per heavy atom. The molecule has 0 radical (unpaired) electrons. The van der Waals surface area contributed by atoms with E-state index in [2.05, 4.69) is 11.9 Å². The van der Waals surface area contributed by atoms with Gasteiger partial charge in [-0.3, -0.25) is 4.79 Å². The van der Waals surface area contributed by atoms with Gasteiger partial charge in [-0.1, -0.05) is 44.4 Å². The third-order valence-electron chi connectivity index (χ3n) is 5.69. The lowest BCUT2D eigenvalue weighted by Crippen LogP contribution is -2.36. The van der Waals surface area contributed by atoms with Gasteiger partial charge in [0.25, 0.3) is 5.56 Å². The molecule has 0 bridgehead atoms. The van der Waals surface area contributed by atoms with Crippen LogP contribution in [-0.4, -0.2) is 28.3 Å². The van der Waals surface area contributed by atoms with Gasteiger partial charge in [0.05, 0.1) is 31.0 Å². The van der Waals surface area contributed by atoms with Gasteiger partial charge >= 0.3 is 5.69 Å². The molecule has 0 amide bonds. The SMILES string of the molecule is CCCCCCn1c2nc(=O)n(-c3ccccc3)c(=O)c-2cc2ccc(OC)c(OC)c21. The van der Waals surface area contributed by atoms with Crippen LogP contribution in [0.5, 0.6) is 11.5 Å². The van der Waals surface area contributed by atoms with Crippen LogP contribution in [0, 0.1) is 0 Å². The fourth-order valence-electron chi connectivity index (χ4n) is 4.14. The lowest BCUT2D eigenvalue weighted by Gasteiger charge is -2.21. The summed E-state index contributed by atoms with van der Waals surface area (Å²) in [6.07, 6.45) is 4.16. The van der Waals surface area contributed by atoms with Gasteiger partial charge in [-0.15, -0.1) is 0 Å². The number of pyridine rings is 1. The summed E-state index contributed by atoms with van der Waals surface area (Å²) in [7, 11) is 3.17. The molecule has 0 aromatic heterocycles. The predicted molar refractivity (Wildman–Crippen MR) is 125 cm³/mol. The average molecular weight is 434 g/mol. The first-order valence-corrected chi connectivity index (χ1v) is 10.9. The number of aromatic nitrogens is 3. The summed E-state index contributed by atoms with van der Waals surface area (Å²) in [5, 5.41) is 0.822. The van der Waals surface area contributed by atoms with E-state index < -0.39 is 5.69 Å². The second-order valence-corrected chi connectivity index (χ2v) is 7.70. The molecule has 4 rings (SSSR count). The number of fused-ring (bicyclic) bond motifs is 2. The Morgan fingerprint density at radius 3 is 2.41 bits per heavy atom. The molecule has 0 spiro atoms. The van der Waals surface area contributed by atoms with Gasteiger partial charge in [0.15, 0.2) is 17.3 Å². The Kier molecular flexibility index (Phi) is 6.25. The maximum atomic E-state index is 13.5. The highest BCUT2D eigenvalue weighted by atomic mass is 16.5. The Balaban J connectivity index is 2.05. The Hall–Kier alpha value is -3.61. The number of aryl methyl sites for hydroxylation is 1. The van der Waals surface area contributed by atoms with Gasteiger partial charge in [-0.2, -0.15) is 4.98 Å². The van der Waals surface area contributed by atoms with Crippen LogP contribution in [0.3, 0.4) is 0 Å². The minimum absolute atomic E-state index is 0.364. The molecule has 0 fully saturated rings. The van der Waals surface area contributed by atoms with Gasteiger partial charge in [0.2, 0.25) is 0 Å². The topological polar surface area (TPSA) is 75.4 Å². The molecule has 32 heavy (non-hydrogen) atoms. The maximum Gasteiger partial charge on any atom is 0.357 e. The Morgan fingerprint density at radius 1 is 0.938 bits per heavy atom. The second kappa shape index (κ2) is 9.26. The standard InChI is InChI=1S/C25H27N3O4/c1-4-5-6-10-15-27-21-17(13-14-20(31-2)22(21)32-3)16-19-23(27)26-25(30)28(24(19)29)18-11-8-7-9-12-18/h7-9,11-14,16H,4-6,10,15H2,1-3H3. The van der Waals surface area contributed by atoms with Crippen molar-refractivity contribution < 1.29 is 9.47 Å². The van der Waals surface area contributed by atoms with Crippen LogP contribution >= 0.6 is 0 Å². The number of ether oxygens (including phenoxy) is 2. The molecule has 2 aliphatic rings. The summed E-state index contributed by atoms with van der Waals surface area (Å²) in [6.45, 7) is 2.77. The number of benzene rings is 2. The molecule has 0 N–H and O–H groups in total. The zero-order chi connectivity index (χ0) is 22.7. The van der Waals surface area contributed by atoms with Crippen molar-refractivity contribution in [2.45, 2.75) is 39.2 Å². The van der Waals surface area contributed by atoms with Crippen molar-refractivity contribution >= 4 is 10.9 Å². The van der Waals surface area contributed by atoms with Crippen molar-refractivity contribution in [1.82, 2.24) is 14.1 Å². The molecular formula is C25H27N3O4. The minimum atomic E-state index is -0.600. The van der Waals surface area contributed by atoms with E-state index in [1.165, 1.54) is 0 Å². The first-order chi connectivity index (χ1) is 15.6. The fourth-order valence-corrected chi connectivity index (χ4v) is 4.14. The van der Waals surface area contributed by atoms with Gasteiger partial charge in [0, 0.05) is 11.9 Å². The Labute approximate surface area is 186 Å². The van der Waals surface area contributed by atoms with Crippen LogP contribution in [0.2, 0.25) is 0 Å². The monoisotopic (exact) mass is 433 g/mol. The number of rotatable bonds is 8. The van der Waals surface area contributed by atoms with Gasteiger partial charge in [0.1, 0.15) is 0 Å². The first-order valence-electron chi connectivity index (χ1n) is 10.9. The van der Waals surface area contributed by atoms with E-state index in [1.807, 2.05) is 22.8 Å². The zero-order valence-corrected chi connectivity index (χ0v) is 18.6. The lowest BCUT2D eigenvalue weighted by atomic mass is 10.1. The molecule has 0 saturated carbocycles. The molecule has 2 aromatic rings. The van der Waals surface area contributed by atoms with Crippen molar-refractivity contribution in [2.75, 3.05) is 14.2 Å². The van der Waals surface area contributed by atoms with Gasteiger partial charge < -0.3 is 14.0 Å². The summed E-state index contributed by atoms with van der Waals surface area (Å²) in [4.78, 5) is 30.8. The minimum Gasteiger partial charge on any atom is -0.493 e. The van der Waals surface area contributed by atoms with Crippen LogP contribution in [-0.2, 0) is 6.54 Å². The van der Waals surface area contributed by atoms with E-state index in [0.29, 0.717) is 35.1 Å². The van der Waals surface area contributed by atoms with Crippen molar-refractivity contribution in [1.29, 1.82) is 0 Å². The first kappa shape index (κ1) is 21.6. The van der Waals surface area contributed by atoms with E-state index in [0.717, 1.165) is 41.2 Å². The molecule has 0 saturated heterocycles. The molecule has 0 aliphatic carbocycles. The van der Waals surface area contributed by atoms with Crippen LogP contribution in [0.15, 0.2) is 58.1 Å². The highest BCUT2D eigenvalue weighted by Gasteiger charge is 2.23. The van der Waals surface area contributed by atoms with E-state index >= 15 is 0 Å². The normalized spacial score (nSPS) is 11.2. The third-order valence-corrected chi connectivity index (χ3v) is 5.69. The summed E-state index contributed by atoms with van der Waals surface area (Å²) < 4.78 is 14.2. The zero-order valence-electron chi connectivity index (χ0n) is 18.6. The molecular weight excluding hydrogens is 406 g/mol. The van der Waals surface area contributed by atoms with Crippen LogP contribution in [0.25, 0.3) is 28.0 Å². The quantitative estimate of drug-likeness (QED) is 0.307. The molecule has 166 valence electrons. The van der Waals surface area contributed by atoms with Crippen LogP contribution in [0.1, 0.15) is 32.6 Å². The van der Waals surface area contributed by atoms with Crippen LogP contribution in [0.4, 0.5) is 0 Å². The van der Waals surface area contributed by atoms with Crippen molar-refractivity contribution in [2.24, 2.45) is 0 Å². The average Bonchev–Trinajstić information content (AvgIpc) is 2.81. The molecule has 0 atom stereocenters. The molecule has 7 heteroatoms. The van der Waals surface area contributed by atoms with Crippen molar-refractivity contribution in [3.8, 4) is 28.6 Å². The highest BCUT2D eigenvalue weighted by Crippen LogP contribution is 2.38. The number of hydrogen-bond donors (Lipinski definition) is 0. The number of hydrogen-bond acceptors (Lipinski definition) is 5. The smallest absolute Gasteiger partial charge is 0.357 e. The number of para-hydroxylation sites is 1. The number of methoxy groups -OCH3 is 2. The summed E-state index contributed by atoms with van der Waals surface area (Å²) in [5.41, 5.74) is 0.671. The van der Waals surface area contributed by atoms with Gasteiger partial charge in [-0.05, 0) is 36.8 Å². The molecule has 2 aromatic carbocycles. The maximum absolute atomic E-state index is 13.5. The Bertz CT molecular complexity index is 1330. The van der Waals surface area contributed by atoms with Gasteiger partial charge in [-0.25, -0.2) is 9.36 Å². The largest absolute Gasteiger partial charge is 0.493 e. The van der Waals surface area contributed by atoms with E-state index in [1.54, 1.807) is 44.6 Å². The lowest BCUT2D eigenvalue weighted by molar-refractivity contribution is 0.356. The number of unbranched alkanes of at least 4 members (excludes halogenated alkanes) is 3. The second-order valence-electron chi connectivity index (χ2n) is 7.70. The van der Waals surface area contributed by atoms with Crippen molar-refractivity contribution in [3.63, 3.8) is 0 Å². The van der Waals surface area contributed by atoms with E-state index in [-0.39, 0.29) is 5.56 Å². The summed E-state index contributed by atoms with van der Waals surface area (Å²) >= 11 is 0. The van der Waals surface area contributed by atoms with E-state index in [9.17, 15) is 9.59 Å². The highest BCUT2D eigenvalue weighted by molar-refractivity contribution is 5.92. The molecule has 7 nitrogen and oxygen atoms in total. The molecule has 2 heterocycles. The fraction of sp³-hybridized carbons (Fsp3) is 0.320. The third kappa shape index (κ3) is 3.75. The molecule has 2 aliphatic heterocycles. The number of nitrogens with zero attached hydrogens (tertiary/aromatic N) is 3. The molecule has 0 unspecified atom stereocenters.